The lowest BCUT2D eigenvalue weighted by atomic mass is 10.1. The summed E-state index contributed by atoms with van der Waals surface area (Å²) >= 11 is 3.57. The zero-order chi connectivity index (χ0) is 16.0. The largest absolute Gasteiger partial charge is 0.315 e. The van der Waals surface area contributed by atoms with Gasteiger partial charge in [0, 0.05) is 23.6 Å². The van der Waals surface area contributed by atoms with E-state index in [1.807, 2.05) is 39.8 Å². The smallest absolute Gasteiger partial charge is 0.250 e. The molecular weight excluding hydrogens is 328 g/mol. The Morgan fingerprint density at radius 1 is 1.35 bits per heavy atom. The van der Waals surface area contributed by atoms with Gasteiger partial charge in [0.25, 0.3) is 5.91 Å². The van der Waals surface area contributed by atoms with Crippen LogP contribution in [0.5, 0.6) is 0 Å². The van der Waals surface area contributed by atoms with Crippen LogP contribution in [0.15, 0.2) is 29.2 Å². The third-order valence-corrected chi connectivity index (χ3v) is 7.59. The van der Waals surface area contributed by atoms with Gasteiger partial charge in [-0.1, -0.05) is 12.1 Å². The first-order chi connectivity index (χ1) is 11.1. The molecule has 0 spiro atoms. The number of hydrogen-bond donors (Lipinski definition) is 0. The molecule has 0 aromatic heterocycles. The fourth-order valence-corrected chi connectivity index (χ4v) is 6.16. The molecule has 0 aliphatic carbocycles. The van der Waals surface area contributed by atoms with Gasteiger partial charge in [0.05, 0.1) is 10.6 Å². The second-order valence-electron chi connectivity index (χ2n) is 6.43. The highest BCUT2D eigenvalue weighted by atomic mass is 32.2. The van der Waals surface area contributed by atoms with Gasteiger partial charge in [0.15, 0.2) is 0 Å². The van der Waals surface area contributed by atoms with Crippen LogP contribution in [0.25, 0.3) is 0 Å². The molecule has 4 nitrogen and oxygen atoms in total. The van der Waals surface area contributed by atoms with Crippen molar-refractivity contribution in [2.75, 3.05) is 23.0 Å². The van der Waals surface area contributed by atoms with Crippen LogP contribution in [0, 0.1) is 0 Å². The van der Waals surface area contributed by atoms with Crippen LogP contribution in [0.4, 0.5) is 5.69 Å². The molecule has 0 N–H and O–H groups in total. The van der Waals surface area contributed by atoms with Crippen LogP contribution in [0.3, 0.4) is 0 Å². The standard InChI is InChI=1S/C17H20N2O2S2/c1-17-8-7-15(20)19(17)13(11-23-17)16(21)18-9-4-10-22-14-6-3-2-5-12(14)18/h2-3,5-6,13H,4,7-11H2,1H3/t13-,17-/m0/s1. The van der Waals surface area contributed by atoms with E-state index < -0.39 is 0 Å². The molecule has 6 heteroatoms. The number of anilines is 1. The van der Waals surface area contributed by atoms with Crippen molar-refractivity contribution < 1.29 is 9.59 Å². The highest BCUT2D eigenvalue weighted by Crippen LogP contribution is 2.48. The van der Waals surface area contributed by atoms with Gasteiger partial charge in [-0.3, -0.25) is 9.59 Å². The van der Waals surface area contributed by atoms with E-state index in [0.29, 0.717) is 12.2 Å². The van der Waals surface area contributed by atoms with Gasteiger partial charge in [0.1, 0.15) is 6.04 Å². The lowest BCUT2D eigenvalue weighted by Gasteiger charge is -2.33. The molecule has 0 radical (unpaired) electrons. The number of hydrogen-bond acceptors (Lipinski definition) is 4. The Morgan fingerprint density at radius 2 is 2.17 bits per heavy atom. The molecule has 122 valence electrons. The maximum absolute atomic E-state index is 13.3. The summed E-state index contributed by atoms with van der Waals surface area (Å²) in [5.41, 5.74) is 1.00. The van der Waals surface area contributed by atoms with Crippen molar-refractivity contribution in [2.24, 2.45) is 0 Å². The second kappa shape index (κ2) is 5.74. The Hall–Kier alpha value is -1.14. The summed E-state index contributed by atoms with van der Waals surface area (Å²) in [6.07, 6.45) is 2.41. The Labute approximate surface area is 145 Å². The molecule has 3 aliphatic rings. The van der Waals surface area contributed by atoms with Crippen molar-refractivity contribution in [2.45, 2.75) is 42.0 Å². The molecule has 2 amide bonds. The van der Waals surface area contributed by atoms with Gasteiger partial charge in [-0.05, 0) is 37.7 Å². The van der Waals surface area contributed by atoms with E-state index in [4.69, 9.17) is 0 Å². The molecule has 0 bridgehead atoms. The van der Waals surface area contributed by atoms with E-state index in [0.717, 1.165) is 30.8 Å². The molecule has 1 aromatic rings. The van der Waals surface area contributed by atoms with Crippen molar-refractivity contribution >= 4 is 41.0 Å². The molecule has 23 heavy (non-hydrogen) atoms. The summed E-state index contributed by atoms with van der Waals surface area (Å²) in [6.45, 7) is 2.84. The summed E-state index contributed by atoms with van der Waals surface area (Å²) in [6, 6.07) is 7.81. The number of amides is 2. The molecular formula is C17H20N2O2S2. The van der Waals surface area contributed by atoms with Gasteiger partial charge >= 0.3 is 0 Å². The summed E-state index contributed by atoms with van der Waals surface area (Å²) in [7, 11) is 0. The Bertz CT molecular complexity index is 666. The summed E-state index contributed by atoms with van der Waals surface area (Å²) in [5.74, 6) is 1.97. The highest BCUT2D eigenvalue weighted by molar-refractivity contribution is 8.01. The normalized spacial score (nSPS) is 30.1. The van der Waals surface area contributed by atoms with E-state index in [9.17, 15) is 9.59 Å². The molecule has 0 saturated carbocycles. The lowest BCUT2D eigenvalue weighted by molar-refractivity contribution is -0.136. The molecule has 4 rings (SSSR count). The third kappa shape index (κ3) is 2.47. The monoisotopic (exact) mass is 348 g/mol. The first-order valence-corrected chi connectivity index (χ1v) is 10.1. The first kappa shape index (κ1) is 15.4. The predicted molar refractivity (Wildman–Crippen MR) is 94.9 cm³/mol. The number of benzene rings is 1. The minimum Gasteiger partial charge on any atom is -0.315 e. The minimum atomic E-state index is -0.309. The first-order valence-electron chi connectivity index (χ1n) is 8.09. The highest BCUT2D eigenvalue weighted by Gasteiger charge is 2.53. The van der Waals surface area contributed by atoms with Crippen molar-refractivity contribution in [3.8, 4) is 0 Å². The fourth-order valence-electron chi connectivity index (χ4n) is 3.74. The quantitative estimate of drug-likeness (QED) is 0.782. The van der Waals surface area contributed by atoms with E-state index in [1.54, 1.807) is 11.8 Å². The van der Waals surface area contributed by atoms with E-state index in [-0.39, 0.29) is 22.7 Å². The van der Waals surface area contributed by atoms with Crippen molar-refractivity contribution in [1.29, 1.82) is 0 Å². The summed E-state index contributed by atoms with van der Waals surface area (Å²) < 4.78 is 0. The second-order valence-corrected chi connectivity index (χ2v) is 9.06. The number of carbonyl (C=O) groups excluding carboxylic acids is 2. The maximum atomic E-state index is 13.3. The maximum Gasteiger partial charge on any atom is 0.250 e. The molecule has 2 fully saturated rings. The van der Waals surface area contributed by atoms with E-state index in [1.165, 1.54) is 4.90 Å². The van der Waals surface area contributed by atoms with Crippen LogP contribution in [-0.2, 0) is 9.59 Å². The number of para-hydroxylation sites is 1. The Balaban J connectivity index is 1.66. The number of nitrogens with zero attached hydrogens (tertiary/aromatic N) is 2. The molecule has 3 heterocycles. The molecule has 1 aromatic carbocycles. The number of thioether (sulfide) groups is 2. The molecule has 3 aliphatic heterocycles. The van der Waals surface area contributed by atoms with Gasteiger partial charge in [-0.2, -0.15) is 0 Å². The van der Waals surface area contributed by atoms with Gasteiger partial charge in [-0.15, -0.1) is 23.5 Å². The minimum absolute atomic E-state index is 0.0893. The van der Waals surface area contributed by atoms with Gasteiger partial charge in [0.2, 0.25) is 5.91 Å². The molecule has 2 atom stereocenters. The predicted octanol–water partition coefficient (Wildman–Crippen LogP) is 2.97. The van der Waals surface area contributed by atoms with Crippen molar-refractivity contribution in [3.05, 3.63) is 24.3 Å². The van der Waals surface area contributed by atoms with Crippen molar-refractivity contribution in [3.63, 3.8) is 0 Å². The number of carbonyl (C=O) groups is 2. The van der Waals surface area contributed by atoms with Gasteiger partial charge < -0.3 is 9.80 Å². The Morgan fingerprint density at radius 3 is 3.04 bits per heavy atom. The zero-order valence-corrected chi connectivity index (χ0v) is 14.8. The van der Waals surface area contributed by atoms with Crippen molar-refractivity contribution in [1.82, 2.24) is 4.90 Å². The van der Waals surface area contributed by atoms with Crippen LogP contribution < -0.4 is 4.90 Å². The fraction of sp³-hybridized carbons (Fsp3) is 0.529. The van der Waals surface area contributed by atoms with Crippen LogP contribution in [0.2, 0.25) is 0 Å². The molecule has 2 saturated heterocycles. The Kier molecular flexibility index (Phi) is 3.84. The number of rotatable bonds is 1. The topological polar surface area (TPSA) is 40.6 Å². The average molecular weight is 348 g/mol. The van der Waals surface area contributed by atoms with E-state index >= 15 is 0 Å². The van der Waals surface area contributed by atoms with Crippen LogP contribution in [0.1, 0.15) is 26.2 Å². The average Bonchev–Trinajstić information content (AvgIpc) is 2.94. The van der Waals surface area contributed by atoms with Crippen LogP contribution in [-0.4, -0.2) is 45.7 Å². The SMILES string of the molecule is C[C@]12CCC(=O)N1[C@H](C(=O)N1CCCSc3ccccc31)CS2. The lowest BCUT2D eigenvalue weighted by Crippen LogP contribution is -2.51. The van der Waals surface area contributed by atoms with E-state index in [2.05, 4.69) is 13.0 Å². The van der Waals surface area contributed by atoms with Crippen LogP contribution >= 0.6 is 23.5 Å². The molecule has 0 unspecified atom stereocenters. The third-order valence-electron chi connectivity index (χ3n) is 4.94. The summed E-state index contributed by atoms with van der Waals surface area (Å²) in [5, 5.41) is 0. The zero-order valence-electron chi connectivity index (χ0n) is 13.2. The van der Waals surface area contributed by atoms with Gasteiger partial charge in [-0.25, -0.2) is 0 Å². The summed E-state index contributed by atoms with van der Waals surface area (Å²) in [4.78, 5) is 30.3. The number of fused-ring (bicyclic) bond motifs is 2.